The molecule has 2 aromatic rings. The molecular formula is C14H16N2O3S2. The van der Waals surface area contributed by atoms with E-state index in [1.54, 1.807) is 7.11 Å². The molecule has 0 aliphatic heterocycles. The molecule has 0 spiro atoms. The van der Waals surface area contributed by atoms with Crippen LogP contribution in [0.25, 0.3) is 10.1 Å². The highest BCUT2D eigenvalue weighted by Crippen LogP contribution is 2.36. The average molecular weight is 324 g/mol. The Balaban J connectivity index is 2.27. The van der Waals surface area contributed by atoms with Crippen molar-refractivity contribution >= 4 is 50.4 Å². The second kappa shape index (κ2) is 7.35. The van der Waals surface area contributed by atoms with Crippen molar-refractivity contribution in [3.05, 3.63) is 29.1 Å². The van der Waals surface area contributed by atoms with Gasteiger partial charge >= 0.3 is 5.97 Å². The first-order chi connectivity index (χ1) is 10.2. The number of hydrogen-bond acceptors (Lipinski definition) is 5. The van der Waals surface area contributed by atoms with E-state index in [-0.39, 0.29) is 5.97 Å². The number of benzene rings is 1. The Morgan fingerprint density at radius 1 is 1.33 bits per heavy atom. The fourth-order valence-corrected chi connectivity index (χ4v) is 3.11. The third kappa shape index (κ3) is 3.69. The molecule has 1 heterocycles. The number of thiocarbonyl (C=S) groups is 1. The van der Waals surface area contributed by atoms with Crippen LogP contribution in [0.1, 0.15) is 9.67 Å². The Morgan fingerprint density at radius 3 is 2.81 bits per heavy atom. The number of anilines is 1. The molecular weight excluding hydrogens is 308 g/mol. The fourth-order valence-electron chi connectivity index (χ4n) is 1.83. The zero-order valence-electron chi connectivity index (χ0n) is 11.8. The van der Waals surface area contributed by atoms with E-state index in [2.05, 4.69) is 10.6 Å². The van der Waals surface area contributed by atoms with Gasteiger partial charge in [-0.3, -0.25) is 0 Å². The van der Waals surface area contributed by atoms with Crippen LogP contribution < -0.4 is 10.6 Å². The monoisotopic (exact) mass is 324 g/mol. The Kier molecular flexibility index (Phi) is 5.49. The van der Waals surface area contributed by atoms with E-state index in [9.17, 15) is 4.79 Å². The smallest absolute Gasteiger partial charge is 0.350 e. The summed E-state index contributed by atoms with van der Waals surface area (Å²) in [5.74, 6) is -0.376. The number of rotatable bonds is 5. The first kappa shape index (κ1) is 15.7. The zero-order valence-corrected chi connectivity index (χ0v) is 13.4. The first-order valence-corrected chi connectivity index (χ1v) is 7.53. The van der Waals surface area contributed by atoms with Gasteiger partial charge in [-0.05, 0) is 18.3 Å². The number of methoxy groups -OCH3 is 2. The SMILES string of the molecule is COCCNC(=S)Nc1c(C(=O)OC)sc2ccccc12. The highest BCUT2D eigenvalue weighted by molar-refractivity contribution is 7.80. The lowest BCUT2D eigenvalue weighted by molar-refractivity contribution is 0.0607. The number of nitrogens with one attached hydrogen (secondary N) is 2. The predicted octanol–water partition coefficient (Wildman–Crippen LogP) is 2.62. The fraction of sp³-hybridized carbons (Fsp3) is 0.286. The number of carbonyl (C=O) groups is 1. The number of esters is 1. The van der Waals surface area contributed by atoms with E-state index >= 15 is 0 Å². The maximum atomic E-state index is 11.9. The summed E-state index contributed by atoms with van der Waals surface area (Å²) in [4.78, 5) is 12.4. The number of hydrogen-bond donors (Lipinski definition) is 2. The lowest BCUT2D eigenvalue weighted by Gasteiger charge is -2.10. The van der Waals surface area contributed by atoms with E-state index < -0.39 is 0 Å². The Morgan fingerprint density at radius 2 is 2.10 bits per heavy atom. The minimum atomic E-state index is -0.376. The summed E-state index contributed by atoms with van der Waals surface area (Å²) >= 11 is 6.61. The molecule has 0 unspecified atom stereocenters. The van der Waals surface area contributed by atoms with Gasteiger partial charge in [-0.15, -0.1) is 11.3 Å². The second-order valence-electron chi connectivity index (χ2n) is 4.17. The van der Waals surface area contributed by atoms with E-state index in [1.807, 2.05) is 24.3 Å². The maximum absolute atomic E-state index is 11.9. The van der Waals surface area contributed by atoms with Gasteiger partial charge in [0.1, 0.15) is 4.88 Å². The molecule has 1 aromatic carbocycles. The third-order valence-corrected chi connectivity index (χ3v) is 4.19. The third-order valence-electron chi connectivity index (χ3n) is 2.80. The lowest BCUT2D eigenvalue weighted by Crippen LogP contribution is -2.31. The van der Waals surface area contributed by atoms with Crippen LogP contribution in [0.2, 0.25) is 0 Å². The minimum Gasteiger partial charge on any atom is -0.465 e. The van der Waals surface area contributed by atoms with Gasteiger partial charge in [0, 0.05) is 23.7 Å². The van der Waals surface area contributed by atoms with Gasteiger partial charge in [0.05, 0.1) is 19.4 Å². The van der Waals surface area contributed by atoms with Crippen LogP contribution in [0.3, 0.4) is 0 Å². The summed E-state index contributed by atoms with van der Waals surface area (Å²) in [5, 5.41) is 7.49. The molecule has 5 nitrogen and oxygen atoms in total. The molecule has 0 atom stereocenters. The first-order valence-electron chi connectivity index (χ1n) is 6.31. The molecule has 2 N–H and O–H groups in total. The molecule has 0 fully saturated rings. The molecule has 0 saturated carbocycles. The van der Waals surface area contributed by atoms with E-state index in [1.165, 1.54) is 18.4 Å². The van der Waals surface area contributed by atoms with Gasteiger partial charge in [-0.25, -0.2) is 4.79 Å². The van der Waals surface area contributed by atoms with Crippen molar-refractivity contribution < 1.29 is 14.3 Å². The molecule has 0 radical (unpaired) electrons. The average Bonchev–Trinajstić information content (AvgIpc) is 2.85. The van der Waals surface area contributed by atoms with Gasteiger partial charge in [0.15, 0.2) is 5.11 Å². The molecule has 0 aliphatic carbocycles. The van der Waals surface area contributed by atoms with Crippen LogP contribution in [-0.2, 0) is 9.47 Å². The van der Waals surface area contributed by atoms with Crippen LogP contribution in [-0.4, -0.2) is 38.5 Å². The van der Waals surface area contributed by atoms with Gasteiger partial charge < -0.3 is 20.1 Å². The highest BCUT2D eigenvalue weighted by Gasteiger charge is 2.19. The van der Waals surface area contributed by atoms with E-state index in [4.69, 9.17) is 21.7 Å². The van der Waals surface area contributed by atoms with Gasteiger partial charge in [0.2, 0.25) is 0 Å². The van der Waals surface area contributed by atoms with Gasteiger partial charge in [-0.2, -0.15) is 0 Å². The molecule has 0 saturated heterocycles. The molecule has 0 amide bonds. The molecule has 0 aliphatic rings. The maximum Gasteiger partial charge on any atom is 0.350 e. The van der Waals surface area contributed by atoms with Crippen LogP contribution in [0.5, 0.6) is 0 Å². The van der Waals surface area contributed by atoms with Gasteiger partial charge in [-0.1, -0.05) is 18.2 Å². The van der Waals surface area contributed by atoms with Crippen molar-refractivity contribution in [3.63, 3.8) is 0 Å². The summed E-state index contributed by atoms with van der Waals surface area (Å²) in [6.45, 7) is 1.15. The summed E-state index contributed by atoms with van der Waals surface area (Å²) in [6, 6.07) is 7.75. The Labute approximate surface area is 132 Å². The normalized spacial score (nSPS) is 10.4. The van der Waals surface area contributed by atoms with Crippen molar-refractivity contribution in [2.24, 2.45) is 0 Å². The minimum absolute atomic E-state index is 0.376. The molecule has 112 valence electrons. The molecule has 7 heteroatoms. The van der Waals surface area contributed by atoms with Crippen LogP contribution in [0.15, 0.2) is 24.3 Å². The number of carbonyl (C=O) groups excluding carboxylic acids is 1. The lowest BCUT2D eigenvalue weighted by atomic mass is 10.2. The van der Waals surface area contributed by atoms with Crippen LogP contribution in [0.4, 0.5) is 5.69 Å². The standard InChI is InChI=1S/C14H16N2O3S2/c1-18-8-7-15-14(20)16-11-9-5-3-4-6-10(9)21-12(11)13(17)19-2/h3-6H,7-8H2,1-2H3,(H2,15,16,20). The summed E-state index contributed by atoms with van der Waals surface area (Å²) in [7, 11) is 2.99. The zero-order chi connectivity index (χ0) is 15.2. The van der Waals surface area contributed by atoms with Crippen molar-refractivity contribution in [2.45, 2.75) is 0 Å². The number of fused-ring (bicyclic) bond motifs is 1. The largest absolute Gasteiger partial charge is 0.465 e. The Bertz CT molecular complexity index is 655. The van der Waals surface area contributed by atoms with Gasteiger partial charge in [0.25, 0.3) is 0 Å². The van der Waals surface area contributed by atoms with E-state index in [0.29, 0.717) is 28.8 Å². The van der Waals surface area contributed by atoms with E-state index in [0.717, 1.165) is 10.1 Å². The van der Waals surface area contributed by atoms with Crippen molar-refractivity contribution in [1.82, 2.24) is 5.32 Å². The van der Waals surface area contributed by atoms with Crippen molar-refractivity contribution in [2.75, 3.05) is 32.7 Å². The molecule has 21 heavy (non-hydrogen) atoms. The summed E-state index contributed by atoms with van der Waals surface area (Å²) < 4.78 is 10.8. The molecule has 0 bridgehead atoms. The number of thiophene rings is 1. The summed E-state index contributed by atoms with van der Waals surface area (Å²) in [5.41, 5.74) is 0.678. The Hall–Kier alpha value is -1.70. The second-order valence-corrected chi connectivity index (χ2v) is 5.63. The molecule has 2 rings (SSSR count). The summed E-state index contributed by atoms with van der Waals surface area (Å²) in [6.07, 6.45) is 0. The molecule has 1 aromatic heterocycles. The van der Waals surface area contributed by atoms with Crippen molar-refractivity contribution in [1.29, 1.82) is 0 Å². The quantitative estimate of drug-likeness (QED) is 0.501. The van der Waals surface area contributed by atoms with Crippen LogP contribution in [0, 0.1) is 0 Å². The predicted molar refractivity (Wildman–Crippen MR) is 89.3 cm³/mol. The van der Waals surface area contributed by atoms with Crippen LogP contribution >= 0.6 is 23.6 Å². The topological polar surface area (TPSA) is 59.6 Å². The highest BCUT2D eigenvalue weighted by atomic mass is 32.1. The number of ether oxygens (including phenoxy) is 2. The van der Waals surface area contributed by atoms with Crippen molar-refractivity contribution in [3.8, 4) is 0 Å².